The molecule has 0 radical (unpaired) electrons. The summed E-state index contributed by atoms with van der Waals surface area (Å²) >= 11 is 3.29. The average Bonchev–Trinajstić information content (AvgIpc) is 2.67. The van der Waals surface area contributed by atoms with Gasteiger partial charge in [0, 0.05) is 43.0 Å². The van der Waals surface area contributed by atoms with Gasteiger partial charge in [-0.25, -0.2) is 0 Å². The van der Waals surface area contributed by atoms with Crippen LogP contribution in [0.5, 0.6) is 0 Å². The standard InChI is InChI=1S/C15H16BrN3O3.ClH/c16-10-1-2-11-12(5-10)15(22)19(14(11)21)4-3-13(20)18-8-9-6-17-7-9;/h1-2,5,9,17H,3-4,6-8H2,(H,18,20);1H. The summed E-state index contributed by atoms with van der Waals surface area (Å²) in [5.74, 6) is -0.314. The first-order valence-electron chi connectivity index (χ1n) is 7.19. The van der Waals surface area contributed by atoms with Gasteiger partial charge in [0.2, 0.25) is 5.91 Å². The Morgan fingerprint density at radius 1 is 1.26 bits per heavy atom. The molecule has 23 heavy (non-hydrogen) atoms. The Morgan fingerprint density at radius 2 is 1.96 bits per heavy atom. The van der Waals surface area contributed by atoms with E-state index in [1.807, 2.05) is 0 Å². The zero-order valence-corrected chi connectivity index (χ0v) is 14.7. The molecule has 2 N–H and O–H groups in total. The van der Waals surface area contributed by atoms with Crippen LogP contribution in [0.25, 0.3) is 0 Å². The molecule has 3 rings (SSSR count). The van der Waals surface area contributed by atoms with E-state index in [0.717, 1.165) is 22.5 Å². The number of fused-ring (bicyclic) bond motifs is 1. The third kappa shape index (κ3) is 3.73. The van der Waals surface area contributed by atoms with Crippen LogP contribution in [0.4, 0.5) is 0 Å². The molecule has 2 aliphatic rings. The topological polar surface area (TPSA) is 78.5 Å². The monoisotopic (exact) mass is 401 g/mol. The normalized spacial score (nSPS) is 16.7. The second-order valence-corrected chi connectivity index (χ2v) is 6.45. The molecule has 0 bridgehead atoms. The minimum Gasteiger partial charge on any atom is -0.356 e. The van der Waals surface area contributed by atoms with Crippen LogP contribution in [-0.4, -0.2) is 48.8 Å². The Balaban J connectivity index is 0.00000192. The minimum absolute atomic E-state index is 0. The Morgan fingerprint density at radius 3 is 2.61 bits per heavy atom. The molecule has 0 aliphatic carbocycles. The van der Waals surface area contributed by atoms with Crippen LogP contribution in [0, 0.1) is 5.92 Å². The number of amides is 3. The van der Waals surface area contributed by atoms with Crippen LogP contribution < -0.4 is 10.6 Å². The van der Waals surface area contributed by atoms with Crippen molar-refractivity contribution in [2.45, 2.75) is 6.42 Å². The molecule has 0 aromatic heterocycles. The third-order valence-corrected chi connectivity index (χ3v) is 4.44. The number of carbonyl (C=O) groups is 3. The van der Waals surface area contributed by atoms with Gasteiger partial charge in [-0.2, -0.15) is 0 Å². The van der Waals surface area contributed by atoms with E-state index in [0.29, 0.717) is 23.6 Å². The fraction of sp³-hybridized carbons (Fsp3) is 0.400. The van der Waals surface area contributed by atoms with Gasteiger partial charge in [0.1, 0.15) is 0 Å². The van der Waals surface area contributed by atoms with Crippen LogP contribution >= 0.6 is 28.3 Å². The maximum absolute atomic E-state index is 12.2. The lowest BCUT2D eigenvalue weighted by Crippen LogP contribution is -2.48. The van der Waals surface area contributed by atoms with Crippen molar-refractivity contribution in [2.75, 3.05) is 26.2 Å². The average molecular weight is 403 g/mol. The summed E-state index contributed by atoms with van der Waals surface area (Å²) in [5.41, 5.74) is 0.787. The molecular weight excluding hydrogens is 386 g/mol. The minimum atomic E-state index is -0.336. The number of benzene rings is 1. The number of carbonyl (C=O) groups excluding carboxylic acids is 3. The van der Waals surface area contributed by atoms with E-state index in [1.54, 1.807) is 18.2 Å². The van der Waals surface area contributed by atoms with Crippen molar-refractivity contribution in [3.05, 3.63) is 33.8 Å². The number of hydrogen-bond donors (Lipinski definition) is 2. The molecule has 1 saturated heterocycles. The highest BCUT2D eigenvalue weighted by Gasteiger charge is 2.35. The van der Waals surface area contributed by atoms with Crippen LogP contribution in [-0.2, 0) is 4.79 Å². The third-order valence-electron chi connectivity index (χ3n) is 3.95. The highest BCUT2D eigenvalue weighted by atomic mass is 79.9. The summed E-state index contributed by atoms with van der Waals surface area (Å²) in [4.78, 5) is 37.4. The van der Waals surface area contributed by atoms with Crippen molar-refractivity contribution < 1.29 is 14.4 Å². The number of hydrogen-bond acceptors (Lipinski definition) is 4. The first kappa shape index (κ1) is 17.9. The van der Waals surface area contributed by atoms with Gasteiger partial charge in [-0.3, -0.25) is 19.3 Å². The first-order chi connectivity index (χ1) is 10.6. The number of halogens is 2. The van der Waals surface area contributed by atoms with Crippen LogP contribution in [0.3, 0.4) is 0 Å². The lowest BCUT2D eigenvalue weighted by atomic mass is 10.0. The molecule has 0 unspecified atom stereocenters. The smallest absolute Gasteiger partial charge is 0.261 e. The van der Waals surface area contributed by atoms with Crippen molar-refractivity contribution in [3.8, 4) is 0 Å². The van der Waals surface area contributed by atoms with E-state index < -0.39 is 0 Å². The molecule has 8 heteroatoms. The van der Waals surface area contributed by atoms with E-state index in [-0.39, 0.29) is 43.1 Å². The predicted octanol–water partition coefficient (Wildman–Crippen LogP) is 1.19. The quantitative estimate of drug-likeness (QED) is 0.725. The van der Waals surface area contributed by atoms with E-state index in [9.17, 15) is 14.4 Å². The summed E-state index contributed by atoms with van der Waals surface area (Å²) < 4.78 is 0.751. The molecule has 1 fully saturated rings. The lowest BCUT2D eigenvalue weighted by Gasteiger charge is -2.27. The molecule has 0 spiro atoms. The lowest BCUT2D eigenvalue weighted by molar-refractivity contribution is -0.121. The summed E-state index contributed by atoms with van der Waals surface area (Å²) in [7, 11) is 0. The van der Waals surface area contributed by atoms with Gasteiger partial charge in [-0.05, 0) is 18.2 Å². The van der Waals surface area contributed by atoms with Crippen molar-refractivity contribution >= 4 is 46.1 Å². The van der Waals surface area contributed by atoms with Crippen LogP contribution in [0.1, 0.15) is 27.1 Å². The SMILES string of the molecule is Cl.O=C(CCN1C(=O)c2ccc(Br)cc2C1=O)NCC1CNC1. The predicted molar refractivity (Wildman–Crippen MR) is 90.7 cm³/mol. The van der Waals surface area contributed by atoms with E-state index in [2.05, 4.69) is 26.6 Å². The van der Waals surface area contributed by atoms with E-state index in [1.165, 1.54) is 0 Å². The van der Waals surface area contributed by atoms with E-state index in [4.69, 9.17) is 0 Å². The summed E-state index contributed by atoms with van der Waals surface area (Å²) in [6.07, 6.45) is 0.132. The molecule has 0 saturated carbocycles. The molecule has 124 valence electrons. The highest BCUT2D eigenvalue weighted by Crippen LogP contribution is 2.26. The zero-order valence-electron chi connectivity index (χ0n) is 12.3. The number of imide groups is 1. The van der Waals surface area contributed by atoms with Gasteiger partial charge < -0.3 is 10.6 Å². The molecule has 1 aromatic carbocycles. The van der Waals surface area contributed by atoms with Crippen LogP contribution in [0.2, 0.25) is 0 Å². The van der Waals surface area contributed by atoms with Crippen molar-refractivity contribution in [3.63, 3.8) is 0 Å². The number of nitrogens with one attached hydrogen (secondary N) is 2. The van der Waals surface area contributed by atoms with Gasteiger partial charge in [-0.15, -0.1) is 12.4 Å². The Kier molecular flexibility index (Phi) is 5.78. The Hall–Kier alpha value is -1.44. The number of nitrogens with zero attached hydrogens (tertiary/aromatic N) is 1. The van der Waals surface area contributed by atoms with E-state index >= 15 is 0 Å². The fourth-order valence-corrected chi connectivity index (χ4v) is 2.88. The van der Waals surface area contributed by atoms with Gasteiger partial charge in [-0.1, -0.05) is 15.9 Å². The Labute approximate surface area is 148 Å². The summed E-state index contributed by atoms with van der Waals surface area (Å²) in [6.45, 7) is 2.60. The van der Waals surface area contributed by atoms with Gasteiger partial charge in [0.05, 0.1) is 11.1 Å². The molecule has 2 aliphatic heterocycles. The van der Waals surface area contributed by atoms with Gasteiger partial charge >= 0.3 is 0 Å². The van der Waals surface area contributed by atoms with Crippen molar-refractivity contribution in [1.29, 1.82) is 0 Å². The number of rotatable bonds is 5. The zero-order chi connectivity index (χ0) is 15.7. The second kappa shape index (κ2) is 7.42. The van der Waals surface area contributed by atoms with Crippen molar-refractivity contribution in [2.24, 2.45) is 5.92 Å². The highest BCUT2D eigenvalue weighted by molar-refractivity contribution is 9.10. The maximum Gasteiger partial charge on any atom is 0.261 e. The molecular formula is C15H17BrClN3O3. The molecule has 3 amide bonds. The molecule has 1 aromatic rings. The molecule has 2 heterocycles. The maximum atomic E-state index is 12.2. The molecule has 6 nitrogen and oxygen atoms in total. The first-order valence-corrected chi connectivity index (χ1v) is 7.98. The molecule has 0 atom stereocenters. The fourth-order valence-electron chi connectivity index (χ4n) is 2.52. The van der Waals surface area contributed by atoms with Gasteiger partial charge in [0.15, 0.2) is 0 Å². The second-order valence-electron chi connectivity index (χ2n) is 5.53. The summed E-state index contributed by atoms with van der Waals surface area (Å²) in [6, 6.07) is 5.00. The van der Waals surface area contributed by atoms with Gasteiger partial charge in [0.25, 0.3) is 11.8 Å². The van der Waals surface area contributed by atoms with Crippen molar-refractivity contribution in [1.82, 2.24) is 15.5 Å². The largest absolute Gasteiger partial charge is 0.356 e. The van der Waals surface area contributed by atoms with Crippen LogP contribution in [0.15, 0.2) is 22.7 Å². The Bertz CT molecular complexity index is 649. The summed E-state index contributed by atoms with van der Waals surface area (Å²) in [5, 5.41) is 5.97.